The van der Waals surface area contributed by atoms with Gasteiger partial charge in [-0.15, -0.1) is 0 Å². The number of nitrogens with zero attached hydrogens (tertiary/aromatic N) is 2. The predicted octanol–water partition coefficient (Wildman–Crippen LogP) is 1.28. The lowest BCUT2D eigenvalue weighted by molar-refractivity contribution is -0.137. The number of carboxylic acids is 1. The van der Waals surface area contributed by atoms with Gasteiger partial charge in [-0.1, -0.05) is 5.16 Å². The Kier molecular flexibility index (Phi) is 4.38. The summed E-state index contributed by atoms with van der Waals surface area (Å²) in [4.78, 5) is 14.6. The highest BCUT2D eigenvalue weighted by Gasteiger charge is 2.21. The van der Waals surface area contributed by atoms with Crippen LogP contribution in [0.1, 0.15) is 30.7 Å². The summed E-state index contributed by atoms with van der Waals surface area (Å²) in [6, 6.07) is 0. The average Bonchev–Trinajstić information content (AvgIpc) is 2.78. The average molecular weight is 258 g/mol. The molecule has 1 aromatic heterocycles. The highest BCUT2D eigenvalue weighted by atomic mass is 32.2. The summed E-state index contributed by atoms with van der Waals surface area (Å²) in [5.41, 5.74) is 0. The van der Waals surface area contributed by atoms with Crippen LogP contribution in [0.5, 0.6) is 0 Å². The third-order valence-electron chi connectivity index (χ3n) is 2.37. The molecule has 1 atom stereocenters. The van der Waals surface area contributed by atoms with E-state index in [9.17, 15) is 4.79 Å². The van der Waals surface area contributed by atoms with E-state index in [-0.39, 0.29) is 12.5 Å². The van der Waals surface area contributed by atoms with Crippen LogP contribution < -0.4 is 0 Å². The Morgan fingerprint density at radius 2 is 2.47 bits per heavy atom. The molecule has 0 aliphatic carbocycles. The summed E-state index contributed by atoms with van der Waals surface area (Å²) in [6.45, 7) is 0.707. The van der Waals surface area contributed by atoms with E-state index in [4.69, 9.17) is 14.4 Å². The van der Waals surface area contributed by atoms with E-state index < -0.39 is 5.97 Å². The van der Waals surface area contributed by atoms with Crippen LogP contribution in [0.3, 0.4) is 0 Å². The minimum Gasteiger partial charge on any atom is -0.481 e. The van der Waals surface area contributed by atoms with Crippen LogP contribution in [-0.4, -0.2) is 39.3 Å². The van der Waals surface area contributed by atoms with Gasteiger partial charge in [-0.3, -0.25) is 4.79 Å². The van der Waals surface area contributed by atoms with E-state index in [1.165, 1.54) is 0 Å². The molecule has 0 amide bonds. The molecule has 0 aromatic carbocycles. The Labute approximate surface area is 103 Å². The lowest BCUT2D eigenvalue weighted by atomic mass is 10.2. The van der Waals surface area contributed by atoms with E-state index in [1.54, 1.807) is 11.8 Å². The highest BCUT2D eigenvalue weighted by molar-refractivity contribution is 7.99. The van der Waals surface area contributed by atoms with Crippen molar-refractivity contribution in [3.05, 3.63) is 11.7 Å². The van der Waals surface area contributed by atoms with Crippen LogP contribution >= 0.6 is 11.8 Å². The monoisotopic (exact) mass is 258 g/mol. The zero-order chi connectivity index (χ0) is 12.1. The van der Waals surface area contributed by atoms with Gasteiger partial charge in [-0.05, 0) is 6.42 Å². The van der Waals surface area contributed by atoms with Gasteiger partial charge in [-0.2, -0.15) is 16.7 Å². The number of ether oxygens (including phenoxy) is 1. The molecule has 0 saturated carbocycles. The zero-order valence-electron chi connectivity index (χ0n) is 9.29. The minimum atomic E-state index is -0.809. The first-order valence-corrected chi connectivity index (χ1v) is 6.65. The molecule has 17 heavy (non-hydrogen) atoms. The zero-order valence-corrected chi connectivity index (χ0v) is 10.1. The molecule has 1 aromatic rings. The molecule has 0 radical (unpaired) electrons. The maximum atomic E-state index is 10.4. The van der Waals surface area contributed by atoms with E-state index >= 15 is 0 Å². The summed E-state index contributed by atoms with van der Waals surface area (Å²) in [7, 11) is 0. The second-order valence-electron chi connectivity index (χ2n) is 3.73. The quantitative estimate of drug-likeness (QED) is 0.851. The fourth-order valence-electron chi connectivity index (χ4n) is 1.53. The van der Waals surface area contributed by atoms with Gasteiger partial charge < -0.3 is 14.4 Å². The molecule has 6 nitrogen and oxygen atoms in total. The number of aliphatic carboxylic acids is 1. The maximum Gasteiger partial charge on any atom is 0.303 e. The minimum absolute atomic E-state index is 0.0919. The largest absolute Gasteiger partial charge is 0.481 e. The molecule has 1 unspecified atom stereocenters. The van der Waals surface area contributed by atoms with Crippen LogP contribution in [0.15, 0.2) is 4.52 Å². The second-order valence-corrected chi connectivity index (χ2v) is 4.88. The van der Waals surface area contributed by atoms with Gasteiger partial charge >= 0.3 is 5.97 Å². The summed E-state index contributed by atoms with van der Waals surface area (Å²) >= 11 is 1.80. The first kappa shape index (κ1) is 12.4. The molecule has 2 rings (SSSR count). The van der Waals surface area contributed by atoms with Gasteiger partial charge in [0.2, 0.25) is 11.7 Å². The third kappa shape index (κ3) is 3.71. The van der Waals surface area contributed by atoms with Crippen LogP contribution in [0.25, 0.3) is 0 Å². The number of rotatable bonds is 5. The van der Waals surface area contributed by atoms with Crippen molar-refractivity contribution in [2.45, 2.75) is 25.4 Å². The first-order chi connectivity index (χ1) is 8.25. The topological polar surface area (TPSA) is 85.5 Å². The summed E-state index contributed by atoms with van der Waals surface area (Å²) in [5, 5.41) is 12.4. The fraction of sp³-hybridized carbons (Fsp3) is 0.700. The Balaban J connectivity index is 1.84. The summed E-state index contributed by atoms with van der Waals surface area (Å²) in [5.74, 6) is 2.09. The lowest BCUT2D eigenvalue weighted by Gasteiger charge is -2.18. The maximum absolute atomic E-state index is 10.4. The van der Waals surface area contributed by atoms with Crippen LogP contribution in [0.2, 0.25) is 0 Å². The number of hydrogen-bond acceptors (Lipinski definition) is 6. The summed E-state index contributed by atoms with van der Waals surface area (Å²) < 4.78 is 10.6. The van der Waals surface area contributed by atoms with E-state index in [2.05, 4.69) is 10.1 Å². The van der Waals surface area contributed by atoms with Crippen LogP contribution in [0, 0.1) is 0 Å². The van der Waals surface area contributed by atoms with Gasteiger partial charge in [-0.25, -0.2) is 0 Å². The molecule has 7 heteroatoms. The van der Waals surface area contributed by atoms with Crippen molar-refractivity contribution < 1.29 is 19.2 Å². The lowest BCUT2D eigenvalue weighted by Crippen LogP contribution is -2.16. The molecule has 1 fully saturated rings. The number of carboxylic acid groups (broad SMARTS) is 1. The van der Waals surface area contributed by atoms with Crippen LogP contribution in [-0.2, 0) is 16.0 Å². The molecule has 2 heterocycles. The normalized spacial score (nSPS) is 20.4. The number of thioether (sulfide) groups is 1. The van der Waals surface area contributed by atoms with Gasteiger partial charge in [0.15, 0.2) is 0 Å². The second kappa shape index (κ2) is 6.02. The SMILES string of the molecule is O=C(O)CCCc1nc(C2CSCCO2)no1. The third-order valence-corrected chi connectivity index (χ3v) is 3.36. The Morgan fingerprint density at radius 1 is 1.59 bits per heavy atom. The number of aryl methyl sites for hydroxylation is 1. The molecule has 0 bridgehead atoms. The van der Waals surface area contributed by atoms with Gasteiger partial charge in [0.1, 0.15) is 6.10 Å². The Morgan fingerprint density at radius 3 is 3.18 bits per heavy atom. The molecule has 1 aliphatic heterocycles. The van der Waals surface area contributed by atoms with E-state index in [1.807, 2.05) is 0 Å². The molecule has 0 spiro atoms. The standard InChI is InChI=1S/C10H14N2O4S/c13-9(14)3-1-2-8-11-10(12-16-8)7-6-17-5-4-15-7/h7H,1-6H2,(H,13,14). The molecule has 1 N–H and O–H groups in total. The molecular weight excluding hydrogens is 244 g/mol. The molecule has 94 valence electrons. The van der Waals surface area contributed by atoms with Crippen molar-refractivity contribution in [1.82, 2.24) is 10.1 Å². The van der Waals surface area contributed by atoms with Gasteiger partial charge in [0.25, 0.3) is 0 Å². The first-order valence-electron chi connectivity index (χ1n) is 5.49. The van der Waals surface area contributed by atoms with Crippen molar-refractivity contribution in [3.63, 3.8) is 0 Å². The number of carbonyl (C=O) groups is 1. The Bertz CT molecular complexity index is 376. The van der Waals surface area contributed by atoms with E-state index in [0.717, 1.165) is 11.5 Å². The number of hydrogen-bond donors (Lipinski definition) is 1. The molecular formula is C10H14N2O4S. The van der Waals surface area contributed by atoms with Crippen molar-refractivity contribution in [3.8, 4) is 0 Å². The Hall–Kier alpha value is -1.08. The molecule has 1 aliphatic rings. The fourth-order valence-corrected chi connectivity index (χ4v) is 2.37. The predicted molar refractivity (Wildman–Crippen MR) is 60.9 cm³/mol. The summed E-state index contributed by atoms with van der Waals surface area (Å²) in [6.07, 6.45) is 1.04. The van der Waals surface area contributed by atoms with Crippen molar-refractivity contribution in [1.29, 1.82) is 0 Å². The number of aromatic nitrogens is 2. The highest BCUT2D eigenvalue weighted by Crippen LogP contribution is 2.24. The van der Waals surface area contributed by atoms with Crippen molar-refractivity contribution in [2.24, 2.45) is 0 Å². The van der Waals surface area contributed by atoms with Crippen molar-refractivity contribution in [2.75, 3.05) is 18.1 Å². The van der Waals surface area contributed by atoms with E-state index in [0.29, 0.717) is 31.2 Å². The smallest absolute Gasteiger partial charge is 0.303 e. The van der Waals surface area contributed by atoms with Crippen LogP contribution in [0.4, 0.5) is 0 Å². The van der Waals surface area contributed by atoms with Gasteiger partial charge in [0, 0.05) is 24.3 Å². The van der Waals surface area contributed by atoms with Crippen molar-refractivity contribution >= 4 is 17.7 Å². The van der Waals surface area contributed by atoms with Gasteiger partial charge in [0.05, 0.1) is 6.61 Å². The molecule has 1 saturated heterocycles.